The summed E-state index contributed by atoms with van der Waals surface area (Å²) in [6, 6.07) is 4.95. The van der Waals surface area contributed by atoms with Gasteiger partial charge < -0.3 is 14.6 Å². The van der Waals surface area contributed by atoms with E-state index < -0.39 is 6.04 Å². The summed E-state index contributed by atoms with van der Waals surface area (Å²) in [5, 5.41) is 3.43. The molecular formula is C14H13N3O3. The van der Waals surface area contributed by atoms with Gasteiger partial charge in [-0.1, -0.05) is 0 Å². The van der Waals surface area contributed by atoms with Crippen LogP contribution in [0.1, 0.15) is 17.3 Å². The number of hydrogen-bond donors (Lipinski definition) is 2. The normalized spacial score (nSPS) is 20.9. The van der Waals surface area contributed by atoms with Crippen molar-refractivity contribution in [2.24, 2.45) is 0 Å². The summed E-state index contributed by atoms with van der Waals surface area (Å²) in [6.45, 7) is 0.555. The van der Waals surface area contributed by atoms with Crippen molar-refractivity contribution >= 4 is 22.8 Å². The molecule has 1 aromatic heterocycles. The molecule has 1 aromatic carbocycles. The molecule has 102 valence electrons. The molecule has 1 unspecified atom stereocenters. The number of carbonyl (C=O) groups is 2. The summed E-state index contributed by atoms with van der Waals surface area (Å²) < 4.78 is 5.25. The molecule has 6 heteroatoms. The number of aromatic nitrogens is 1. The van der Waals surface area contributed by atoms with E-state index in [9.17, 15) is 9.59 Å². The highest BCUT2D eigenvalue weighted by Gasteiger charge is 2.44. The zero-order valence-electron chi connectivity index (χ0n) is 10.9. The van der Waals surface area contributed by atoms with E-state index in [1.165, 1.54) is 0 Å². The van der Waals surface area contributed by atoms with E-state index in [1.54, 1.807) is 12.0 Å². The molecule has 20 heavy (non-hydrogen) atoms. The van der Waals surface area contributed by atoms with E-state index in [1.807, 2.05) is 18.2 Å². The number of nitrogens with zero attached hydrogens (tertiary/aromatic N) is 1. The molecule has 4 rings (SSSR count). The van der Waals surface area contributed by atoms with Crippen molar-refractivity contribution in [2.45, 2.75) is 12.5 Å². The van der Waals surface area contributed by atoms with Crippen molar-refractivity contribution in [2.75, 3.05) is 13.7 Å². The van der Waals surface area contributed by atoms with Crippen molar-refractivity contribution in [3.05, 3.63) is 29.5 Å². The quantitative estimate of drug-likeness (QED) is 0.768. The number of fused-ring (bicyclic) bond motifs is 5. The Kier molecular flexibility index (Phi) is 2.13. The van der Waals surface area contributed by atoms with Crippen LogP contribution in [0.5, 0.6) is 5.75 Å². The van der Waals surface area contributed by atoms with Gasteiger partial charge in [-0.15, -0.1) is 0 Å². The maximum Gasteiger partial charge on any atom is 0.325 e. The molecule has 0 spiro atoms. The van der Waals surface area contributed by atoms with Crippen LogP contribution in [0.25, 0.3) is 10.9 Å². The number of urea groups is 1. The maximum absolute atomic E-state index is 12.0. The third-order valence-electron chi connectivity index (χ3n) is 4.07. The lowest BCUT2D eigenvalue weighted by molar-refractivity contribution is -0.121. The summed E-state index contributed by atoms with van der Waals surface area (Å²) in [6.07, 6.45) is 0.736. The van der Waals surface area contributed by atoms with Crippen LogP contribution < -0.4 is 10.1 Å². The zero-order chi connectivity index (χ0) is 13.9. The van der Waals surface area contributed by atoms with E-state index in [0.29, 0.717) is 6.54 Å². The van der Waals surface area contributed by atoms with Gasteiger partial charge in [0.15, 0.2) is 6.04 Å². The van der Waals surface area contributed by atoms with Gasteiger partial charge in [-0.25, -0.2) is 4.79 Å². The van der Waals surface area contributed by atoms with Crippen LogP contribution in [0, 0.1) is 0 Å². The van der Waals surface area contributed by atoms with Crippen molar-refractivity contribution in [1.82, 2.24) is 15.2 Å². The monoisotopic (exact) mass is 271 g/mol. The van der Waals surface area contributed by atoms with Crippen molar-refractivity contribution in [3.8, 4) is 5.75 Å². The Morgan fingerprint density at radius 3 is 3.00 bits per heavy atom. The molecule has 6 nitrogen and oxygen atoms in total. The Hall–Kier alpha value is -2.50. The first kappa shape index (κ1) is 11.3. The summed E-state index contributed by atoms with van der Waals surface area (Å²) >= 11 is 0. The Morgan fingerprint density at radius 2 is 2.20 bits per heavy atom. The first-order valence-electron chi connectivity index (χ1n) is 6.49. The first-order chi connectivity index (χ1) is 9.69. The van der Waals surface area contributed by atoms with Gasteiger partial charge in [0.2, 0.25) is 0 Å². The summed E-state index contributed by atoms with van der Waals surface area (Å²) in [5.74, 6) is 0.531. The van der Waals surface area contributed by atoms with Crippen LogP contribution in [-0.2, 0) is 11.2 Å². The summed E-state index contributed by atoms with van der Waals surface area (Å²) in [7, 11) is 1.63. The molecule has 2 aliphatic heterocycles. The molecule has 1 saturated heterocycles. The largest absolute Gasteiger partial charge is 0.497 e. The molecular weight excluding hydrogens is 258 g/mol. The van der Waals surface area contributed by atoms with E-state index in [0.717, 1.165) is 34.3 Å². The number of amides is 3. The number of methoxy groups -OCH3 is 1. The molecule has 2 aliphatic rings. The number of carbonyl (C=O) groups excluding carboxylic acids is 2. The highest BCUT2D eigenvalue weighted by atomic mass is 16.5. The molecule has 3 heterocycles. The highest BCUT2D eigenvalue weighted by Crippen LogP contribution is 2.37. The minimum Gasteiger partial charge on any atom is -0.497 e. The van der Waals surface area contributed by atoms with E-state index >= 15 is 0 Å². The lowest BCUT2D eigenvalue weighted by atomic mass is 9.98. The van der Waals surface area contributed by atoms with Crippen LogP contribution in [0.3, 0.4) is 0 Å². The van der Waals surface area contributed by atoms with Gasteiger partial charge in [0.1, 0.15) is 5.75 Å². The minimum atomic E-state index is -0.523. The van der Waals surface area contributed by atoms with Crippen LogP contribution in [0.2, 0.25) is 0 Å². The second-order valence-corrected chi connectivity index (χ2v) is 5.07. The Balaban J connectivity index is 1.93. The predicted octanol–water partition coefficient (Wildman–Crippen LogP) is 1.33. The van der Waals surface area contributed by atoms with Crippen LogP contribution in [-0.4, -0.2) is 35.5 Å². The van der Waals surface area contributed by atoms with Gasteiger partial charge in [0.25, 0.3) is 5.91 Å². The second-order valence-electron chi connectivity index (χ2n) is 5.07. The van der Waals surface area contributed by atoms with Gasteiger partial charge in [0.05, 0.1) is 12.8 Å². The molecule has 3 amide bonds. The molecule has 2 N–H and O–H groups in total. The van der Waals surface area contributed by atoms with Gasteiger partial charge >= 0.3 is 6.03 Å². The van der Waals surface area contributed by atoms with E-state index in [2.05, 4.69) is 10.3 Å². The van der Waals surface area contributed by atoms with Gasteiger partial charge in [0, 0.05) is 17.4 Å². The number of nitrogens with one attached hydrogen (secondary N) is 2. The molecule has 1 fully saturated rings. The maximum atomic E-state index is 12.0. The SMILES string of the molecule is COc1ccc2[nH]c3c(c2c1)CCN1C(=O)NC(=O)C31. The Morgan fingerprint density at radius 1 is 1.35 bits per heavy atom. The minimum absolute atomic E-state index is 0.255. The fraction of sp³-hybridized carbons (Fsp3) is 0.286. The van der Waals surface area contributed by atoms with Crippen molar-refractivity contribution < 1.29 is 14.3 Å². The first-order valence-corrected chi connectivity index (χ1v) is 6.49. The van der Waals surface area contributed by atoms with Gasteiger partial charge in [-0.2, -0.15) is 0 Å². The van der Waals surface area contributed by atoms with Gasteiger partial charge in [-0.3, -0.25) is 10.1 Å². The third kappa shape index (κ3) is 1.33. The lowest BCUT2D eigenvalue weighted by Crippen LogP contribution is -2.35. The second kappa shape index (κ2) is 3.75. The molecule has 0 aliphatic carbocycles. The standard InChI is InChI=1S/C14H13N3O3/c1-20-7-2-3-10-9(6-7)8-4-5-17-12(11(8)15-10)13(18)16-14(17)19/h2-3,6,12,15H,4-5H2,1H3,(H,16,18,19). The topological polar surface area (TPSA) is 74.4 Å². The fourth-order valence-electron chi connectivity index (χ4n) is 3.13. The average molecular weight is 271 g/mol. The number of rotatable bonds is 1. The molecule has 2 aromatic rings. The summed E-state index contributed by atoms with van der Waals surface area (Å²) in [4.78, 5) is 28.5. The van der Waals surface area contributed by atoms with Gasteiger partial charge in [-0.05, 0) is 30.2 Å². The fourth-order valence-corrected chi connectivity index (χ4v) is 3.13. The number of ether oxygens (including phenoxy) is 1. The van der Waals surface area contributed by atoms with Crippen LogP contribution in [0.15, 0.2) is 18.2 Å². The predicted molar refractivity (Wildman–Crippen MR) is 71.5 cm³/mol. The number of H-pyrrole nitrogens is 1. The summed E-state index contributed by atoms with van der Waals surface area (Å²) in [5.41, 5.74) is 2.89. The zero-order valence-corrected chi connectivity index (χ0v) is 10.9. The number of imide groups is 1. The molecule has 0 radical (unpaired) electrons. The smallest absolute Gasteiger partial charge is 0.325 e. The number of aromatic amines is 1. The average Bonchev–Trinajstić information content (AvgIpc) is 2.96. The molecule has 0 bridgehead atoms. The number of hydrogen-bond acceptors (Lipinski definition) is 3. The highest BCUT2D eigenvalue weighted by molar-refractivity contribution is 6.05. The van der Waals surface area contributed by atoms with E-state index in [-0.39, 0.29) is 11.9 Å². The lowest BCUT2D eigenvalue weighted by Gasteiger charge is -2.26. The van der Waals surface area contributed by atoms with E-state index in [4.69, 9.17) is 4.74 Å². The van der Waals surface area contributed by atoms with Crippen LogP contribution >= 0.6 is 0 Å². The Labute approximate surface area is 114 Å². The molecule has 1 atom stereocenters. The van der Waals surface area contributed by atoms with Crippen LogP contribution in [0.4, 0.5) is 4.79 Å². The van der Waals surface area contributed by atoms with Crippen molar-refractivity contribution in [3.63, 3.8) is 0 Å². The van der Waals surface area contributed by atoms with Crippen molar-refractivity contribution in [1.29, 1.82) is 0 Å². The molecule has 0 saturated carbocycles. The number of benzene rings is 1. The Bertz CT molecular complexity index is 749. The third-order valence-corrected chi connectivity index (χ3v) is 4.07.